The molecule has 4 aromatic rings. The van der Waals surface area contributed by atoms with Crippen molar-refractivity contribution in [1.82, 2.24) is 15.0 Å². The zero-order valence-electron chi connectivity index (χ0n) is 18.9. The fourth-order valence-corrected chi connectivity index (χ4v) is 3.74. The van der Waals surface area contributed by atoms with E-state index in [0.29, 0.717) is 12.2 Å². The number of hydrogen-bond acceptors (Lipinski definition) is 7. The molecule has 166 valence electrons. The highest BCUT2D eigenvalue weighted by molar-refractivity contribution is 5.92. The Kier molecular flexibility index (Phi) is 5.60. The van der Waals surface area contributed by atoms with Gasteiger partial charge in [-0.3, -0.25) is 9.98 Å². The maximum atomic E-state index is 5.99. The molecule has 0 saturated heterocycles. The van der Waals surface area contributed by atoms with Gasteiger partial charge in [-0.2, -0.15) is 0 Å². The summed E-state index contributed by atoms with van der Waals surface area (Å²) in [4.78, 5) is 17.7. The molecule has 0 bridgehead atoms. The number of aryl methyl sites for hydroxylation is 2. The molecule has 0 aliphatic carbocycles. The van der Waals surface area contributed by atoms with Crippen molar-refractivity contribution in [2.75, 3.05) is 11.9 Å². The molecule has 1 atom stereocenters. The summed E-state index contributed by atoms with van der Waals surface area (Å²) < 4.78 is 11.8. The van der Waals surface area contributed by atoms with E-state index >= 15 is 0 Å². The van der Waals surface area contributed by atoms with Crippen LogP contribution in [0.2, 0.25) is 0 Å². The van der Waals surface area contributed by atoms with Crippen LogP contribution in [0.15, 0.2) is 66.0 Å². The molecule has 1 aliphatic rings. The number of fused-ring (bicyclic) bond motifs is 1. The second kappa shape index (κ2) is 8.86. The first-order valence-electron chi connectivity index (χ1n) is 11.0. The third-order valence-corrected chi connectivity index (χ3v) is 5.47. The predicted molar refractivity (Wildman–Crippen MR) is 130 cm³/mol. The number of nitrogens with one attached hydrogen (secondary N) is 1. The lowest BCUT2D eigenvalue weighted by Crippen LogP contribution is -2.09. The van der Waals surface area contributed by atoms with Crippen LogP contribution in [0.3, 0.4) is 0 Å². The Morgan fingerprint density at radius 2 is 1.94 bits per heavy atom. The second-order valence-corrected chi connectivity index (χ2v) is 8.26. The molecule has 3 heterocycles. The van der Waals surface area contributed by atoms with Gasteiger partial charge < -0.3 is 14.8 Å². The Morgan fingerprint density at radius 1 is 1.03 bits per heavy atom. The molecule has 0 saturated carbocycles. The Morgan fingerprint density at radius 3 is 2.70 bits per heavy atom. The number of aliphatic imine (C=N–C) groups is 1. The van der Waals surface area contributed by atoms with E-state index in [1.165, 1.54) is 0 Å². The van der Waals surface area contributed by atoms with Crippen molar-refractivity contribution in [2.24, 2.45) is 4.99 Å². The van der Waals surface area contributed by atoms with Crippen molar-refractivity contribution in [1.29, 1.82) is 0 Å². The lowest BCUT2D eigenvalue weighted by Gasteiger charge is -2.13. The van der Waals surface area contributed by atoms with Crippen molar-refractivity contribution in [2.45, 2.75) is 33.3 Å². The number of nitrogens with zero attached hydrogens (tertiary/aromatic N) is 4. The van der Waals surface area contributed by atoms with Gasteiger partial charge in [0.05, 0.1) is 18.3 Å². The van der Waals surface area contributed by atoms with Crippen LogP contribution in [-0.4, -0.2) is 33.5 Å². The Balaban J connectivity index is 1.37. The maximum Gasteiger partial charge on any atom is 0.188 e. The van der Waals surface area contributed by atoms with Gasteiger partial charge in [0.2, 0.25) is 0 Å². The molecule has 7 nitrogen and oxygen atoms in total. The van der Waals surface area contributed by atoms with Gasteiger partial charge in [0.15, 0.2) is 5.90 Å². The van der Waals surface area contributed by atoms with Crippen LogP contribution < -0.4 is 10.1 Å². The highest BCUT2D eigenvalue weighted by atomic mass is 16.5. The van der Waals surface area contributed by atoms with Gasteiger partial charge in [-0.05, 0) is 74.4 Å². The van der Waals surface area contributed by atoms with Crippen molar-refractivity contribution in [3.63, 3.8) is 0 Å². The molecule has 7 heteroatoms. The monoisotopic (exact) mass is 439 g/mol. The first-order valence-corrected chi connectivity index (χ1v) is 11.0. The van der Waals surface area contributed by atoms with Gasteiger partial charge in [-0.15, -0.1) is 0 Å². The third kappa shape index (κ3) is 4.77. The van der Waals surface area contributed by atoms with E-state index in [9.17, 15) is 0 Å². The normalized spacial score (nSPS) is 15.2. The molecule has 0 amide bonds. The lowest BCUT2D eigenvalue weighted by atomic mass is 10.1. The largest absolute Gasteiger partial charge is 0.476 e. The minimum atomic E-state index is 0.151. The zero-order chi connectivity index (χ0) is 22.8. The number of hydrogen-bond donors (Lipinski definition) is 1. The quantitative estimate of drug-likeness (QED) is 0.425. The number of aromatic nitrogens is 3. The lowest BCUT2D eigenvalue weighted by molar-refractivity contribution is 0.241. The second-order valence-electron chi connectivity index (χ2n) is 8.26. The summed E-state index contributed by atoms with van der Waals surface area (Å²) in [6.07, 6.45) is 4.12. The van der Waals surface area contributed by atoms with Gasteiger partial charge in [-0.1, -0.05) is 6.07 Å². The summed E-state index contributed by atoms with van der Waals surface area (Å²) in [6.45, 7) is 6.72. The molecular formula is C26H25N5O2. The standard InChI is InChI=1S/C26H25N5O2/c1-16-10-20(6-9-24(16)33-21-7-4-17(2)27-14-21)31-26-22-11-19(5-8-23(22)29-15-30-26)12-25-28-13-18(3)32-25/h4-11,14-15,18H,12-13H2,1-3H3,(H,29,30,31). The number of ether oxygens (including phenoxy) is 2. The van der Waals surface area contributed by atoms with E-state index in [1.54, 1.807) is 12.5 Å². The van der Waals surface area contributed by atoms with Gasteiger partial charge >= 0.3 is 0 Å². The molecule has 0 fully saturated rings. The number of anilines is 2. The maximum absolute atomic E-state index is 5.99. The number of pyridine rings is 1. The van der Waals surface area contributed by atoms with Crippen molar-refractivity contribution >= 4 is 28.3 Å². The van der Waals surface area contributed by atoms with Crippen molar-refractivity contribution in [3.8, 4) is 11.5 Å². The summed E-state index contributed by atoms with van der Waals surface area (Å²) in [5.41, 5.74) is 4.87. The van der Waals surface area contributed by atoms with Crippen molar-refractivity contribution in [3.05, 3.63) is 77.9 Å². The highest BCUT2D eigenvalue weighted by Gasteiger charge is 2.16. The summed E-state index contributed by atoms with van der Waals surface area (Å²) in [5, 5.41) is 4.38. The topological polar surface area (TPSA) is 81.5 Å². The Bertz CT molecular complexity index is 1330. The molecule has 2 aromatic carbocycles. The predicted octanol–water partition coefficient (Wildman–Crippen LogP) is 5.54. The van der Waals surface area contributed by atoms with E-state index in [-0.39, 0.29) is 6.10 Å². The van der Waals surface area contributed by atoms with Gasteiger partial charge in [0.25, 0.3) is 0 Å². The van der Waals surface area contributed by atoms with Crippen LogP contribution >= 0.6 is 0 Å². The van der Waals surface area contributed by atoms with Gasteiger partial charge in [0.1, 0.15) is 29.7 Å². The molecule has 5 rings (SSSR count). The third-order valence-electron chi connectivity index (χ3n) is 5.47. The average Bonchev–Trinajstić information content (AvgIpc) is 3.22. The van der Waals surface area contributed by atoms with E-state index < -0.39 is 0 Å². The van der Waals surface area contributed by atoms with Gasteiger partial charge in [-0.25, -0.2) is 9.97 Å². The summed E-state index contributed by atoms with van der Waals surface area (Å²) in [6, 6.07) is 16.0. The fourth-order valence-electron chi connectivity index (χ4n) is 3.74. The zero-order valence-corrected chi connectivity index (χ0v) is 18.9. The molecule has 1 aliphatic heterocycles. The molecule has 0 spiro atoms. The average molecular weight is 440 g/mol. The van der Waals surface area contributed by atoms with E-state index in [2.05, 4.69) is 37.4 Å². The number of benzene rings is 2. The molecule has 0 radical (unpaired) electrons. The Labute approximate surface area is 192 Å². The molecular weight excluding hydrogens is 414 g/mol. The smallest absolute Gasteiger partial charge is 0.188 e. The van der Waals surface area contributed by atoms with Crippen LogP contribution in [0, 0.1) is 13.8 Å². The minimum absolute atomic E-state index is 0.151. The summed E-state index contributed by atoms with van der Waals surface area (Å²) in [5.74, 6) is 3.03. The minimum Gasteiger partial charge on any atom is -0.476 e. The number of rotatable bonds is 6. The van der Waals surface area contributed by atoms with Crippen LogP contribution in [0.4, 0.5) is 11.5 Å². The van der Waals surface area contributed by atoms with Crippen LogP contribution in [0.5, 0.6) is 11.5 Å². The molecule has 1 unspecified atom stereocenters. The summed E-state index contributed by atoms with van der Waals surface area (Å²) >= 11 is 0. The van der Waals surface area contributed by atoms with E-state index in [0.717, 1.165) is 57.4 Å². The molecule has 1 N–H and O–H groups in total. The SMILES string of the molecule is Cc1ccc(Oc2ccc(Nc3ncnc4ccc(CC5=NCC(C)O5)cc34)cc2C)cn1. The van der Waals surface area contributed by atoms with Crippen LogP contribution in [0.1, 0.15) is 23.7 Å². The molecule has 2 aromatic heterocycles. The van der Waals surface area contributed by atoms with E-state index in [4.69, 9.17) is 9.47 Å². The van der Waals surface area contributed by atoms with Crippen molar-refractivity contribution < 1.29 is 9.47 Å². The first kappa shape index (κ1) is 20.9. The highest BCUT2D eigenvalue weighted by Crippen LogP contribution is 2.30. The van der Waals surface area contributed by atoms with Crippen LogP contribution in [0.25, 0.3) is 10.9 Å². The fraction of sp³-hybridized carbons (Fsp3) is 0.231. The molecule has 33 heavy (non-hydrogen) atoms. The Hall–Kier alpha value is -4.00. The first-order chi connectivity index (χ1) is 16.0. The van der Waals surface area contributed by atoms with Gasteiger partial charge in [0, 0.05) is 23.2 Å². The van der Waals surface area contributed by atoms with E-state index in [1.807, 2.05) is 57.2 Å². The summed E-state index contributed by atoms with van der Waals surface area (Å²) in [7, 11) is 0. The van der Waals surface area contributed by atoms with Crippen LogP contribution in [-0.2, 0) is 11.2 Å².